The Hall–Kier alpha value is -0.617. The number of halogens is 2. The van der Waals surface area contributed by atoms with Gasteiger partial charge >= 0.3 is 26.2 Å². The maximum Gasteiger partial charge on any atom is 3.00 e. The predicted octanol–water partition coefficient (Wildman–Crippen LogP) is 0.768. The summed E-state index contributed by atoms with van der Waals surface area (Å²) < 4.78 is 0. The first-order valence-corrected chi connectivity index (χ1v) is 9.72. The Bertz CT molecular complexity index is 851. The number of rotatable bonds is 6. The number of hydrogen-bond donors (Lipinski definition) is 0. The SMILES string of the molecule is C1=CC(CC[CH-]CC2(C3C=Cc4ccccc43)CC2)c2ccccc21.[Cl-].[Cl-].[Zr+3]. The first-order valence-electron chi connectivity index (χ1n) is 9.72. The molecule has 0 heterocycles. The number of allylic oxidation sites excluding steroid dienone is 2. The van der Waals surface area contributed by atoms with Crippen molar-refractivity contribution in [2.75, 3.05) is 0 Å². The molecule has 3 aliphatic rings. The number of benzene rings is 2. The van der Waals surface area contributed by atoms with E-state index in [0.29, 0.717) is 17.3 Å². The zero-order valence-corrected chi connectivity index (χ0v) is 19.9. The predicted molar refractivity (Wildman–Crippen MR) is 106 cm³/mol. The minimum absolute atomic E-state index is 0. The minimum Gasteiger partial charge on any atom is -1.00 e. The molecule has 1 saturated carbocycles. The maximum atomic E-state index is 2.58. The molecule has 0 bridgehead atoms. The van der Waals surface area contributed by atoms with Crippen LogP contribution in [0.25, 0.3) is 12.2 Å². The molecule has 3 heteroatoms. The van der Waals surface area contributed by atoms with Crippen molar-refractivity contribution in [1.82, 2.24) is 0 Å². The normalized spacial score (nSPS) is 21.7. The van der Waals surface area contributed by atoms with E-state index in [1.165, 1.54) is 48.8 Å². The van der Waals surface area contributed by atoms with Gasteiger partial charge in [-0.05, 0) is 40.5 Å². The van der Waals surface area contributed by atoms with Gasteiger partial charge in [-0.25, -0.2) is 0 Å². The molecule has 0 saturated heterocycles. The van der Waals surface area contributed by atoms with Gasteiger partial charge in [0.05, 0.1) is 0 Å². The summed E-state index contributed by atoms with van der Waals surface area (Å²) >= 11 is 0. The van der Waals surface area contributed by atoms with E-state index in [2.05, 4.69) is 79.3 Å². The minimum atomic E-state index is 0. The molecular weight excluding hydrogens is 462 g/mol. The van der Waals surface area contributed by atoms with Crippen LogP contribution in [0.4, 0.5) is 0 Å². The summed E-state index contributed by atoms with van der Waals surface area (Å²) in [5.41, 5.74) is 6.45. The van der Waals surface area contributed by atoms with E-state index < -0.39 is 0 Å². The summed E-state index contributed by atoms with van der Waals surface area (Å²) in [5, 5.41) is 0. The zero-order valence-electron chi connectivity index (χ0n) is 16.0. The Kier molecular flexibility index (Phi) is 8.39. The Morgan fingerprint density at radius 1 is 0.821 bits per heavy atom. The topological polar surface area (TPSA) is 0 Å². The standard InChI is InChI=1S/C25H25.2ClH.Zr/c1-3-10-22-19(7-1)12-13-20(22)9-5-6-16-25(17-18-25)24-15-14-21-8-2-4-11-23(21)24;;;/h1-4,6-8,10-15,20,24H,5,9,16-18H2;2*1H;/q-1;;;+3/p-2. The molecule has 0 amide bonds. The molecule has 1 radical (unpaired) electrons. The third-order valence-electron chi connectivity index (χ3n) is 6.49. The van der Waals surface area contributed by atoms with Crippen LogP contribution in [0.3, 0.4) is 0 Å². The molecule has 5 rings (SSSR count). The van der Waals surface area contributed by atoms with Gasteiger partial charge < -0.3 is 31.2 Å². The second kappa shape index (κ2) is 9.93. The molecule has 3 aliphatic carbocycles. The average Bonchev–Trinajstić information content (AvgIpc) is 3.13. The Morgan fingerprint density at radius 2 is 1.43 bits per heavy atom. The summed E-state index contributed by atoms with van der Waals surface area (Å²) in [7, 11) is 0. The fourth-order valence-electron chi connectivity index (χ4n) is 4.85. The Morgan fingerprint density at radius 3 is 2.14 bits per heavy atom. The van der Waals surface area contributed by atoms with E-state index in [1.54, 1.807) is 5.56 Å². The van der Waals surface area contributed by atoms with Crippen molar-refractivity contribution in [1.29, 1.82) is 0 Å². The van der Waals surface area contributed by atoms with Gasteiger partial charge in [-0.3, -0.25) is 0 Å². The summed E-state index contributed by atoms with van der Waals surface area (Å²) in [4.78, 5) is 0. The largest absolute Gasteiger partial charge is 3.00 e. The Labute approximate surface area is 200 Å². The third kappa shape index (κ3) is 4.43. The van der Waals surface area contributed by atoms with Crippen molar-refractivity contribution in [3.63, 3.8) is 0 Å². The average molecular weight is 488 g/mol. The number of hydrogen-bond acceptors (Lipinski definition) is 0. The Balaban J connectivity index is 0.000000934. The molecule has 2 aromatic carbocycles. The van der Waals surface area contributed by atoms with Crippen molar-refractivity contribution in [3.8, 4) is 0 Å². The van der Waals surface area contributed by atoms with Crippen molar-refractivity contribution in [2.24, 2.45) is 5.41 Å². The van der Waals surface area contributed by atoms with Crippen LogP contribution in [0.15, 0.2) is 60.7 Å². The van der Waals surface area contributed by atoms with Crippen molar-refractivity contribution >= 4 is 12.2 Å². The smallest absolute Gasteiger partial charge is 1.00 e. The second-order valence-electron chi connectivity index (χ2n) is 7.99. The van der Waals surface area contributed by atoms with E-state index in [4.69, 9.17) is 0 Å². The van der Waals surface area contributed by atoms with Gasteiger partial charge in [-0.15, -0.1) is 0 Å². The van der Waals surface area contributed by atoms with Crippen LogP contribution >= 0.6 is 0 Å². The molecule has 2 unspecified atom stereocenters. The molecule has 0 spiro atoms. The van der Waals surface area contributed by atoms with Crippen LogP contribution in [0, 0.1) is 11.8 Å². The van der Waals surface area contributed by atoms with Gasteiger partial charge in [0.1, 0.15) is 0 Å². The molecule has 1 fully saturated rings. The third-order valence-corrected chi connectivity index (χ3v) is 6.49. The monoisotopic (exact) mass is 485 g/mol. The van der Waals surface area contributed by atoms with E-state index in [-0.39, 0.29) is 51.0 Å². The summed E-state index contributed by atoms with van der Waals surface area (Å²) in [6.07, 6.45) is 18.6. The molecule has 143 valence electrons. The summed E-state index contributed by atoms with van der Waals surface area (Å²) in [6.45, 7) is 0. The number of fused-ring (bicyclic) bond motifs is 2. The van der Waals surface area contributed by atoms with Crippen LogP contribution in [-0.4, -0.2) is 0 Å². The molecule has 0 aromatic heterocycles. The van der Waals surface area contributed by atoms with Crippen LogP contribution in [0.2, 0.25) is 0 Å². The van der Waals surface area contributed by atoms with E-state index in [9.17, 15) is 0 Å². The number of unbranched alkanes of at least 4 members (excludes halogenated alkanes) is 1. The fraction of sp³-hybridized carbons (Fsp3) is 0.320. The summed E-state index contributed by atoms with van der Waals surface area (Å²) in [5.74, 6) is 1.27. The van der Waals surface area contributed by atoms with Crippen LogP contribution in [0.1, 0.15) is 66.2 Å². The van der Waals surface area contributed by atoms with Crippen molar-refractivity contribution < 1.29 is 51.0 Å². The molecule has 0 nitrogen and oxygen atoms in total. The quantitative estimate of drug-likeness (QED) is 0.417. The van der Waals surface area contributed by atoms with Gasteiger partial charge in [0.2, 0.25) is 0 Å². The van der Waals surface area contributed by atoms with Crippen molar-refractivity contribution in [2.45, 2.75) is 43.9 Å². The van der Waals surface area contributed by atoms with Crippen LogP contribution in [-0.2, 0) is 26.2 Å². The van der Waals surface area contributed by atoms with Gasteiger partial charge in [-0.2, -0.15) is 12.8 Å². The van der Waals surface area contributed by atoms with Crippen LogP contribution in [0.5, 0.6) is 0 Å². The van der Waals surface area contributed by atoms with Crippen molar-refractivity contribution in [3.05, 3.63) is 89.4 Å². The molecular formula is C25H25Cl2Zr. The molecule has 2 aromatic rings. The van der Waals surface area contributed by atoms with Gasteiger partial charge in [0.15, 0.2) is 0 Å². The maximum absolute atomic E-state index is 2.58. The first kappa shape index (κ1) is 23.7. The molecule has 0 aliphatic heterocycles. The van der Waals surface area contributed by atoms with E-state index >= 15 is 0 Å². The second-order valence-corrected chi connectivity index (χ2v) is 7.99. The summed E-state index contributed by atoms with van der Waals surface area (Å²) in [6, 6.07) is 17.8. The van der Waals surface area contributed by atoms with E-state index in [1.807, 2.05) is 0 Å². The molecule has 0 N–H and O–H groups in total. The van der Waals surface area contributed by atoms with E-state index in [0.717, 1.165) is 0 Å². The van der Waals surface area contributed by atoms with Gasteiger partial charge in [-0.1, -0.05) is 79.3 Å². The van der Waals surface area contributed by atoms with Crippen LogP contribution < -0.4 is 24.8 Å². The molecule has 2 atom stereocenters. The van der Waals surface area contributed by atoms with Gasteiger partial charge in [0.25, 0.3) is 0 Å². The zero-order chi connectivity index (χ0) is 16.7. The fourth-order valence-corrected chi connectivity index (χ4v) is 4.85. The van der Waals surface area contributed by atoms with Gasteiger partial charge in [0, 0.05) is 11.8 Å². The molecule has 28 heavy (non-hydrogen) atoms. The first-order chi connectivity index (χ1) is 12.4.